The summed E-state index contributed by atoms with van der Waals surface area (Å²) in [5.41, 5.74) is 2.33. The lowest BCUT2D eigenvalue weighted by Gasteiger charge is -2.22. The van der Waals surface area contributed by atoms with E-state index in [2.05, 4.69) is 46.5 Å². The molecule has 0 spiro atoms. The molecule has 0 radical (unpaired) electrons. The molecule has 7 nitrogen and oxygen atoms in total. The van der Waals surface area contributed by atoms with Crippen molar-refractivity contribution in [1.82, 2.24) is 10.2 Å². The van der Waals surface area contributed by atoms with Crippen molar-refractivity contribution in [3.8, 4) is 0 Å². The van der Waals surface area contributed by atoms with Crippen molar-refractivity contribution in [2.75, 3.05) is 25.0 Å². The average molecular weight is 493 g/mol. The van der Waals surface area contributed by atoms with Crippen LogP contribution in [0, 0.1) is 5.92 Å². The minimum absolute atomic E-state index is 0.0721. The number of benzene rings is 2. The number of rotatable bonds is 8. The minimum Gasteiger partial charge on any atom is -0.351 e. The second kappa shape index (κ2) is 11.5. The predicted molar refractivity (Wildman–Crippen MR) is 141 cm³/mol. The molecule has 4 rings (SSSR count). The SMILES string of the molecule is CC(C)C(CNC(=O)c1ccc(NC(=O)CC2SC(N3CCCC3)=NC2=O)cc1)c1ccccc1. The number of hydrogen-bond acceptors (Lipinski definition) is 5. The van der Waals surface area contributed by atoms with Crippen LogP contribution in [-0.2, 0) is 9.59 Å². The van der Waals surface area contributed by atoms with Crippen molar-refractivity contribution < 1.29 is 14.4 Å². The monoisotopic (exact) mass is 492 g/mol. The maximum atomic E-state index is 12.7. The first kappa shape index (κ1) is 25.0. The number of amides is 3. The molecule has 35 heavy (non-hydrogen) atoms. The lowest BCUT2D eigenvalue weighted by molar-refractivity contribution is -0.121. The van der Waals surface area contributed by atoms with E-state index in [1.807, 2.05) is 18.2 Å². The first-order valence-electron chi connectivity index (χ1n) is 12.2. The highest BCUT2D eigenvalue weighted by Gasteiger charge is 2.33. The van der Waals surface area contributed by atoms with E-state index in [0.29, 0.717) is 23.7 Å². The van der Waals surface area contributed by atoms with Gasteiger partial charge in [0.05, 0.1) is 0 Å². The summed E-state index contributed by atoms with van der Waals surface area (Å²) >= 11 is 1.38. The highest BCUT2D eigenvalue weighted by Crippen LogP contribution is 2.29. The minimum atomic E-state index is -0.478. The van der Waals surface area contributed by atoms with E-state index in [1.54, 1.807) is 24.3 Å². The van der Waals surface area contributed by atoms with E-state index in [1.165, 1.54) is 17.3 Å². The van der Waals surface area contributed by atoms with Crippen molar-refractivity contribution >= 4 is 40.3 Å². The lowest BCUT2D eigenvalue weighted by atomic mass is 9.88. The van der Waals surface area contributed by atoms with Gasteiger partial charge in [-0.25, -0.2) is 0 Å². The molecule has 2 atom stereocenters. The number of anilines is 1. The van der Waals surface area contributed by atoms with Crippen molar-refractivity contribution in [1.29, 1.82) is 0 Å². The van der Waals surface area contributed by atoms with Crippen LogP contribution in [0.1, 0.15) is 54.9 Å². The largest absolute Gasteiger partial charge is 0.351 e. The lowest BCUT2D eigenvalue weighted by Crippen LogP contribution is -2.30. The Bertz CT molecular complexity index is 1080. The fourth-order valence-corrected chi connectivity index (χ4v) is 5.50. The Morgan fingerprint density at radius 3 is 2.40 bits per heavy atom. The van der Waals surface area contributed by atoms with Crippen LogP contribution in [0.3, 0.4) is 0 Å². The molecule has 0 aromatic heterocycles. The first-order chi connectivity index (χ1) is 16.9. The van der Waals surface area contributed by atoms with Gasteiger partial charge in [-0.3, -0.25) is 14.4 Å². The van der Waals surface area contributed by atoms with Crippen LogP contribution in [-0.4, -0.2) is 52.7 Å². The molecule has 1 fully saturated rings. The van der Waals surface area contributed by atoms with Crippen LogP contribution >= 0.6 is 11.8 Å². The molecular weight excluding hydrogens is 460 g/mol. The quantitative estimate of drug-likeness (QED) is 0.574. The molecule has 2 unspecified atom stereocenters. The van der Waals surface area contributed by atoms with Gasteiger partial charge in [0.1, 0.15) is 5.25 Å². The van der Waals surface area contributed by atoms with Gasteiger partial charge in [0.2, 0.25) is 5.91 Å². The van der Waals surface area contributed by atoms with Crippen LogP contribution in [0.15, 0.2) is 59.6 Å². The Morgan fingerprint density at radius 2 is 1.74 bits per heavy atom. The van der Waals surface area contributed by atoms with Gasteiger partial charge in [-0.15, -0.1) is 0 Å². The molecule has 2 aliphatic heterocycles. The van der Waals surface area contributed by atoms with Gasteiger partial charge in [0, 0.05) is 43.2 Å². The van der Waals surface area contributed by atoms with Gasteiger partial charge < -0.3 is 15.5 Å². The normalized spacial score (nSPS) is 18.5. The molecule has 1 saturated heterocycles. The molecule has 0 aliphatic carbocycles. The summed E-state index contributed by atoms with van der Waals surface area (Å²) < 4.78 is 0. The van der Waals surface area contributed by atoms with Crippen LogP contribution in [0.25, 0.3) is 0 Å². The van der Waals surface area contributed by atoms with Crippen LogP contribution < -0.4 is 10.6 Å². The summed E-state index contributed by atoms with van der Waals surface area (Å²) in [6.45, 7) is 6.69. The Kier molecular flexibility index (Phi) is 8.23. The van der Waals surface area contributed by atoms with E-state index in [4.69, 9.17) is 0 Å². The molecule has 2 heterocycles. The Morgan fingerprint density at radius 1 is 1.06 bits per heavy atom. The van der Waals surface area contributed by atoms with Crippen molar-refractivity contribution in [3.05, 3.63) is 65.7 Å². The number of aliphatic imine (C=N–C) groups is 1. The number of nitrogens with zero attached hydrogens (tertiary/aromatic N) is 2. The number of nitrogens with one attached hydrogen (secondary N) is 2. The third-order valence-corrected chi connectivity index (χ3v) is 7.64. The molecule has 2 aliphatic rings. The molecule has 0 bridgehead atoms. The zero-order valence-electron chi connectivity index (χ0n) is 20.2. The standard InChI is InChI=1S/C27H32N4O3S/c1-18(2)22(19-8-4-3-5-9-19)17-28-25(33)20-10-12-21(13-11-20)29-24(32)16-23-26(34)30-27(35-23)31-14-6-7-15-31/h3-5,8-13,18,22-23H,6-7,14-17H2,1-2H3,(H,28,33)(H,29,32). The molecule has 0 saturated carbocycles. The third kappa shape index (κ3) is 6.51. The molecule has 8 heteroatoms. The summed E-state index contributed by atoms with van der Waals surface area (Å²) in [5.74, 6) is -0.0197. The predicted octanol–water partition coefficient (Wildman–Crippen LogP) is 4.28. The number of likely N-dealkylation sites (tertiary alicyclic amines) is 1. The molecular formula is C27H32N4O3S. The topological polar surface area (TPSA) is 90.9 Å². The maximum Gasteiger partial charge on any atom is 0.262 e. The highest BCUT2D eigenvalue weighted by molar-refractivity contribution is 8.15. The number of thioether (sulfide) groups is 1. The second-order valence-electron chi connectivity index (χ2n) is 9.33. The van der Waals surface area contributed by atoms with Gasteiger partial charge in [0.15, 0.2) is 5.17 Å². The van der Waals surface area contributed by atoms with Crippen LogP contribution in [0.4, 0.5) is 5.69 Å². The van der Waals surface area contributed by atoms with E-state index < -0.39 is 5.25 Å². The van der Waals surface area contributed by atoms with Gasteiger partial charge in [-0.1, -0.05) is 55.9 Å². The Hall–Kier alpha value is -3.13. The molecule has 2 aromatic rings. The zero-order valence-corrected chi connectivity index (χ0v) is 21.0. The van der Waals surface area contributed by atoms with E-state index >= 15 is 0 Å². The number of carbonyl (C=O) groups excluding carboxylic acids is 3. The van der Waals surface area contributed by atoms with Crippen molar-refractivity contribution in [3.63, 3.8) is 0 Å². The average Bonchev–Trinajstić information content (AvgIpc) is 3.50. The molecule has 2 aromatic carbocycles. The number of amidine groups is 1. The van der Waals surface area contributed by atoms with Crippen molar-refractivity contribution in [2.45, 2.75) is 44.3 Å². The summed E-state index contributed by atoms with van der Waals surface area (Å²) in [4.78, 5) is 43.7. The summed E-state index contributed by atoms with van der Waals surface area (Å²) in [6.07, 6.45) is 2.29. The van der Waals surface area contributed by atoms with Crippen LogP contribution in [0.2, 0.25) is 0 Å². The third-order valence-electron chi connectivity index (χ3n) is 6.42. The summed E-state index contributed by atoms with van der Waals surface area (Å²) in [6, 6.07) is 17.0. The smallest absolute Gasteiger partial charge is 0.262 e. The van der Waals surface area contributed by atoms with Gasteiger partial charge in [0.25, 0.3) is 11.8 Å². The van der Waals surface area contributed by atoms with Gasteiger partial charge in [-0.05, 0) is 48.6 Å². The van der Waals surface area contributed by atoms with E-state index in [-0.39, 0.29) is 30.1 Å². The van der Waals surface area contributed by atoms with Crippen LogP contribution in [0.5, 0.6) is 0 Å². The Balaban J connectivity index is 1.26. The van der Waals surface area contributed by atoms with Gasteiger partial charge in [-0.2, -0.15) is 4.99 Å². The van der Waals surface area contributed by atoms with Crippen molar-refractivity contribution in [2.24, 2.45) is 10.9 Å². The number of hydrogen-bond donors (Lipinski definition) is 2. The van der Waals surface area contributed by atoms with E-state index in [9.17, 15) is 14.4 Å². The highest BCUT2D eigenvalue weighted by atomic mass is 32.2. The Labute approximate surface area is 210 Å². The molecule has 2 N–H and O–H groups in total. The zero-order chi connectivity index (χ0) is 24.8. The number of carbonyl (C=O) groups is 3. The summed E-state index contributed by atoms with van der Waals surface area (Å²) in [5, 5.41) is 6.13. The second-order valence-corrected chi connectivity index (χ2v) is 10.5. The fraction of sp³-hybridized carbons (Fsp3) is 0.407. The molecule has 3 amide bonds. The summed E-state index contributed by atoms with van der Waals surface area (Å²) in [7, 11) is 0. The maximum absolute atomic E-state index is 12.7. The fourth-order valence-electron chi connectivity index (χ4n) is 4.38. The molecule has 184 valence electrons. The van der Waals surface area contributed by atoms with Gasteiger partial charge >= 0.3 is 0 Å². The first-order valence-corrected chi connectivity index (χ1v) is 13.1. The van der Waals surface area contributed by atoms with E-state index in [0.717, 1.165) is 31.1 Å².